The van der Waals surface area contributed by atoms with Crippen molar-refractivity contribution in [1.82, 2.24) is 10.0 Å². The van der Waals surface area contributed by atoms with Crippen molar-refractivity contribution in [3.8, 4) is 0 Å². The smallest absolute Gasteiger partial charge is 0.240 e. The Morgan fingerprint density at radius 2 is 1.95 bits per heavy atom. The van der Waals surface area contributed by atoms with Gasteiger partial charge in [-0.15, -0.1) is 0 Å². The van der Waals surface area contributed by atoms with Crippen molar-refractivity contribution in [2.75, 3.05) is 18.4 Å². The van der Waals surface area contributed by atoms with Gasteiger partial charge in [0.1, 0.15) is 0 Å². The van der Waals surface area contributed by atoms with E-state index in [0.717, 1.165) is 25.8 Å². The number of hydrogen-bond acceptors (Lipinski definition) is 4. The van der Waals surface area contributed by atoms with Crippen molar-refractivity contribution in [3.63, 3.8) is 0 Å². The van der Waals surface area contributed by atoms with Crippen LogP contribution in [0.15, 0.2) is 29.2 Å². The minimum Gasteiger partial charge on any atom is -0.326 e. The number of carbonyl (C=O) groups excluding carboxylic acids is 1. The van der Waals surface area contributed by atoms with E-state index in [4.69, 9.17) is 0 Å². The van der Waals surface area contributed by atoms with E-state index >= 15 is 0 Å². The van der Waals surface area contributed by atoms with E-state index in [1.165, 1.54) is 19.1 Å². The van der Waals surface area contributed by atoms with Crippen molar-refractivity contribution >= 4 is 21.6 Å². The van der Waals surface area contributed by atoms with Gasteiger partial charge in [-0.2, -0.15) is 0 Å². The first kappa shape index (κ1) is 15.9. The zero-order valence-corrected chi connectivity index (χ0v) is 12.9. The van der Waals surface area contributed by atoms with Crippen molar-refractivity contribution in [2.24, 2.45) is 0 Å². The Bertz CT molecular complexity index is 576. The van der Waals surface area contributed by atoms with Crippen LogP contribution in [0.2, 0.25) is 0 Å². The van der Waals surface area contributed by atoms with Gasteiger partial charge in [0, 0.05) is 25.2 Å². The fourth-order valence-corrected chi connectivity index (χ4v) is 3.60. The molecule has 0 saturated carbocycles. The van der Waals surface area contributed by atoms with Crippen LogP contribution in [0.5, 0.6) is 0 Å². The van der Waals surface area contributed by atoms with Gasteiger partial charge in [-0.1, -0.05) is 6.42 Å². The van der Waals surface area contributed by atoms with Gasteiger partial charge in [-0.25, -0.2) is 13.1 Å². The molecule has 1 atom stereocenters. The predicted molar refractivity (Wildman–Crippen MR) is 81.6 cm³/mol. The van der Waals surface area contributed by atoms with Gasteiger partial charge >= 0.3 is 0 Å². The average molecular weight is 311 g/mol. The third-order valence-electron chi connectivity index (χ3n) is 3.35. The average Bonchev–Trinajstić information content (AvgIpc) is 2.67. The molecule has 0 aromatic heterocycles. The number of rotatable bonds is 4. The summed E-state index contributed by atoms with van der Waals surface area (Å²) in [5, 5.41) is 5.84. The molecular formula is C14H21N3O3S. The molecule has 116 valence electrons. The van der Waals surface area contributed by atoms with Crippen LogP contribution in [-0.2, 0) is 14.8 Å². The van der Waals surface area contributed by atoms with Gasteiger partial charge in [-0.05, 0) is 43.7 Å². The van der Waals surface area contributed by atoms with E-state index in [9.17, 15) is 13.2 Å². The Morgan fingerprint density at radius 3 is 2.62 bits per heavy atom. The van der Waals surface area contributed by atoms with Crippen LogP contribution in [-0.4, -0.2) is 33.5 Å². The highest BCUT2D eigenvalue weighted by atomic mass is 32.2. The van der Waals surface area contributed by atoms with Gasteiger partial charge < -0.3 is 10.6 Å². The van der Waals surface area contributed by atoms with E-state index in [1.807, 2.05) is 0 Å². The summed E-state index contributed by atoms with van der Waals surface area (Å²) in [6.07, 6.45) is 2.93. The molecule has 1 unspecified atom stereocenters. The van der Waals surface area contributed by atoms with Crippen LogP contribution >= 0.6 is 0 Å². The molecule has 3 N–H and O–H groups in total. The molecule has 0 aliphatic carbocycles. The molecule has 7 heteroatoms. The number of hydrogen-bond donors (Lipinski definition) is 3. The highest BCUT2D eigenvalue weighted by Gasteiger charge is 2.20. The SMILES string of the molecule is CC(=O)Nc1ccc(S(=O)(=O)NC2CCCCNC2)cc1. The maximum absolute atomic E-state index is 12.3. The Kier molecular flexibility index (Phi) is 5.33. The lowest BCUT2D eigenvalue weighted by Crippen LogP contribution is -2.40. The molecule has 1 amide bonds. The summed E-state index contributed by atoms with van der Waals surface area (Å²) in [6.45, 7) is 3.00. The summed E-state index contributed by atoms with van der Waals surface area (Å²) in [6, 6.07) is 6.09. The number of carbonyl (C=O) groups is 1. The van der Waals surface area contributed by atoms with Crippen molar-refractivity contribution in [3.05, 3.63) is 24.3 Å². The molecule has 1 saturated heterocycles. The molecular weight excluding hydrogens is 290 g/mol. The molecule has 2 rings (SSSR count). The van der Waals surface area contributed by atoms with Crippen LogP contribution in [0.1, 0.15) is 26.2 Å². The number of anilines is 1. The summed E-state index contributed by atoms with van der Waals surface area (Å²) < 4.78 is 27.4. The van der Waals surface area contributed by atoms with E-state index in [0.29, 0.717) is 12.2 Å². The molecule has 1 aromatic rings. The number of nitrogens with one attached hydrogen (secondary N) is 3. The Morgan fingerprint density at radius 1 is 1.24 bits per heavy atom. The van der Waals surface area contributed by atoms with Crippen molar-refractivity contribution < 1.29 is 13.2 Å². The second-order valence-electron chi connectivity index (χ2n) is 5.22. The van der Waals surface area contributed by atoms with Gasteiger partial charge in [0.15, 0.2) is 0 Å². The van der Waals surface area contributed by atoms with Gasteiger partial charge in [0.05, 0.1) is 4.90 Å². The third kappa shape index (κ3) is 4.80. The molecule has 1 aromatic carbocycles. The van der Waals surface area contributed by atoms with E-state index in [2.05, 4.69) is 15.4 Å². The van der Waals surface area contributed by atoms with E-state index in [1.54, 1.807) is 12.1 Å². The molecule has 0 spiro atoms. The maximum atomic E-state index is 12.3. The summed E-state index contributed by atoms with van der Waals surface area (Å²) >= 11 is 0. The quantitative estimate of drug-likeness (QED) is 0.776. The fraction of sp³-hybridized carbons (Fsp3) is 0.500. The first-order valence-corrected chi connectivity index (χ1v) is 8.56. The number of sulfonamides is 1. The maximum Gasteiger partial charge on any atom is 0.240 e. The summed E-state index contributed by atoms with van der Waals surface area (Å²) in [5.41, 5.74) is 0.581. The van der Waals surface area contributed by atoms with Crippen LogP contribution in [0.25, 0.3) is 0 Å². The zero-order valence-electron chi connectivity index (χ0n) is 12.1. The van der Waals surface area contributed by atoms with Crippen molar-refractivity contribution in [1.29, 1.82) is 0 Å². The topological polar surface area (TPSA) is 87.3 Å². The lowest BCUT2D eigenvalue weighted by molar-refractivity contribution is -0.114. The Labute approximate surface area is 125 Å². The number of amides is 1. The minimum absolute atomic E-state index is 0.0764. The van der Waals surface area contributed by atoms with Crippen LogP contribution in [0.4, 0.5) is 5.69 Å². The molecule has 6 nitrogen and oxygen atoms in total. The standard InChI is InChI=1S/C14H21N3O3S/c1-11(18)16-12-5-7-14(8-6-12)21(19,20)17-13-4-2-3-9-15-10-13/h5-8,13,15,17H,2-4,9-10H2,1H3,(H,16,18). The Hall–Kier alpha value is -1.44. The lowest BCUT2D eigenvalue weighted by atomic mass is 10.2. The second kappa shape index (κ2) is 7.02. The molecule has 1 aliphatic rings. The normalized spacial score (nSPS) is 19.8. The Balaban J connectivity index is 2.06. The van der Waals surface area contributed by atoms with E-state index < -0.39 is 10.0 Å². The lowest BCUT2D eigenvalue weighted by Gasteiger charge is -2.16. The third-order valence-corrected chi connectivity index (χ3v) is 4.89. The van der Waals surface area contributed by atoms with E-state index in [-0.39, 0.29) is 16.8 Å². The second-order valence-corrected chi connectivity index (χ2v) is 6.94. The highest BCUT2D eigenvalue weighted by Crippen LogP contribution is 2.15. The largest absolute Gasteiger partial charge is 0.326 e. The monoisotopic (exact) mass is 311 g/mol. The van der Waals surface area contributed by atoms with Gasteiger partial charge in [0.2, 0.25) is 15.9 Å². The molecule has 0 radical (unpaired) electrons. The molecule has 0 bridgehead atoms. The highest BCUT2D eigenvalue weighted by molar-refractivity contribution is 7.89. The van der Waals surface area contributed by atoms with Crippen LogP contribution in [0.3, 0.4) is 0 Å². The van der Waals surface area contributed by atoms with Gasteiger partial charge in [0.25, 0.3) is 0 Å². The summed E-state index contributed by atoms with van der Waals surface area (Å²) in [7, 11) is -3.52. The summed E-state index contributed by atoms with van der Waals surface area (Å²) in [4.78, 5) is 11.2. The zero-order chi connectivity index (χ0) is 15.3. The van der Waals surface area contributed by atoms with Gasteiger partial charge in [-0.3, -0.25) is 4.79 Å². The first-order valence-electron chi connectivity index (χ1n) is 7.08. The summed E-state index contributed by atoms with van der Waals surface area (Å²) in [5.74, 6) is -0.187. The van der Waals surface area contributed by atoms with Crippen molar-refractivity contribution in [2.45, 2.75) is 37.1 Å². The van der Waals surface area contributed by atoms with Crippen LogP contribution < -0.4 is 15.4 Å². The molecule has 1 aliphatic heterocycles. The minimum atomic E-state index is -3.52. The fourth-order valence-electron chi connectivity index (χ4n) is 2.33. The first-order chi connectivity index (χ1) is 9.97. The van der Waals surface area contributed by atoms with Crippen LogP contribution in [0, 0.1) is 0 Å². The molecule has 21 heavy (non-hydrogen) atoms. The molecule has 1 fully saturated rings. The predicted octanol–water partition coefficient (Wildman–Crippen LogP) is 1.07. The molecule has 1 heterocycles. The number of benzene rings is 1.